The highest BCUT2D eigenvalue weighted by molar-refractivity contribution is 6.32. The van der Waals surface area contributed by atoms with E-state index in [0.29, 0.717) is 34.0 Å². The molecule has 0 saturated carbocycles. The van der Waals surface area contributed by atoms with Gasteiger partial charge in [0.05, 0.1) is 27.7 Å². The van der Waals surface area contributed by atoms with Crippen molar-refractivity contribution in [2.75, 3.05) is 12.4 Å². The first-order chi connectivity index (χ1) is 13.0. The molecule has 1 atom stereocenters. The number of hydrogen-bond acceptors (Lipinski definition) is 3. The maximum absolute atomic E-state index is 13.3. The number of benzene rings is 2. The van der Waals surface area contributed by atoms with Gasteiger partial charge in [0.15, 0.2) is 0 Å². The molecule has 0 fully saturated rings. The van der Waals surface area contributed by atoms with E-state index in [2.05, 4.69) is 0 Å². The van der Waals surface area contributed by atoms with Crippen molar-refractivity contribution in [3.8, 4) is 5.69 Å². The van der Waals surface area contributed by atoms with E-state index in [0.717, 1.165) is 0 Å². The molecule has 5 nitrogen and oxygen atoms in total. The van der Waals surface area contributed by atoms with Gasteiger partial charge in [-0.05, 0) is 38.1 Å². The normalized spacial score (nSPS) is 12.1. The van der Waals surface area contributed by atoms with E-state index in [-0.39, 0.29) is 17.3 Å². The van der Waals surface area contributed by atoms with Gasteiger partial charge in [-0.1, -0.05) is 35.9 Å². The minimum atomic E-state index is -0.463. The Kier molecular flexibility index (Phi) is 5.82. The van der Waals surface area contributed by atoms with Gasteiger partial charge in [0.1, 0.15) is 11.7 Å². The molecule has 1 amide bonds. The standard InChI is InChI=1S/C20H19Cl2N3O2/c1-3-24(18(26)12-21)13(2)19-23-16-10-6-4-8-14(16)20(27)25(19)17-11-7-5-9-15(17)22/h4-11,13H,3,12H2,1-2H3/t13-/m0/s1. The second-order valence-corrected chi connectivity index (χ2v) is 6.74. The van der Waals surface area contributed by atoms with Crippen molar-refractivity contribution in [1.82, 2.24) is 14.5 Å². The molecule has 1 heterocycles. The third-order valence-electron chi connectivity index (χ3n) is 4.51. The summed E-state index contributed by atoms with van der Waals surface area (Å²) in [7, 11) is 0. The van der Waals surface area contributed by atoms with Crippen LogP contribution in [0.25, 0.3) is 16.6 Å². The molecule has 3 rings (SSSR count). The number of fused-ring (bicyclic) bond motifs is 1. The van der Waals surface area contributed by atoms with Gasteiger partial charge in [-0.2, -0.15) is 0 Å². The van der Waals surface area contributed by atoms with Gasteiger partial charge in [0.25, 0.3) is 5.56 Å². The van der Waals surface area contributed by atoms with E-state index in [1.807, 2.05) is 19.9 Å². The van der Waals surface area contributed by atoms with Crippen LogP contribution in [0.3, 0.4) is 0 Å². The van der Waals surface area contributed by atoms with Gasteiger partial charge in [0, 0.05) is 6.54 Å². The Hall–Kier alpha value is -2.37. The van der Waals surface area contributed by atoms with E-state index in [4.69, 9.17) is 28.2 Å². The molecule has 0 unspecified atom stereocenters. The number of hydrogen-bond donors (Lipinski definition) is 0. The van der Waals surface area contributed by atoms with Gasteiger partial charge in [-0.15, -0.1) is 11.6 Å². The van der Waals surface area contributed by atoms with Crippen LogP contribution in [0, 0.1) is 0 Å². The Balaban J connectivity index is 2.34. The Morgan fingerprint density at radius 2 is 1.85 bits per heavy atom. The van der Waals surface area contributed by atoms with Gasteiger partial charge < -0.3 is 4.90 Å². The fourth-order valence-corrected chi connectivity index (χ4v) is 3.55. The molecule has 1 aromatic heterocycles. The zero-order valence-electron chi connectivity index (χ0n) is 15.0. The molecule has 0 bridgehead atoms. The molecule has 0 spiro atoms. The van der Waals surface area contributed by atoms with Crippen molar-refractivity contribution in [2.45, 2.75) is 19.9 Å². The summed E-state index contributed by atoms with van der Waals surface area (Å²) in [5.41, 5.74) is 0.866. The lowest BCUT2D eigenvalue weighted by Gasteiger charge is -2.29. The summed E-state index contributed by atoms with van der Waals surface area (Å²) < 4.78 is 1.49. The lowest BCUT2D eigenvalue weighted by Crippen LogP contribution is -2.38. The van der Waals surface area contributed by atoms with E-state index in [9.17, 15) is 9.59 Å². The van der Waals surface area contributed by atoms with E-state index < -0.39 is 6.04 Å². The molecule has 7 heteroatoms. The number of aromatic nitrogens is 2. The monoisotopic (exact) mass is 403 g/mol. The van der Waals surface area contributed by atoms with Gasteiger partial charge in [0.2, 0.25) is 5.91 Å². The SMILES string of the molecule is CCN(C(=O)CCl)[C@@H](C)c1nc2ccccc2c(=O)n1-c1ccccc1Cl. The number of carbonyl (C=O) groups excluding carboxylic acids is 1. The molecule has 140 valence electrons. The third kappa shape index (κ3) is 3.57. The van der Waals surface area contributed by atoms with Crippen molar-refractivity contribution in [1.29, 1.82) is 0 Å². The third-order valence-corrected chi connectivity index (χ3v) is 5.06. The summed E-state index contributed by atoms with van der Waals surface area (Å²) in [5.74, 6) is 0.0779. The Morgan fingerprint density at radius 1 is 1.19 bits per heavy atom. The molecule has 0 aliphatic rings. The lowest BCUT2D eigenvalue weighted by atomic mass is 10.2. The second kappa shape index (κ2) is 8.11. The summed E-state index contributed by atoms with van der Waals surface area (Å²) >= 11 is 12.1. The number of alkyl halides is 1. The zero-order valence-corrected chi connectivity index (χ0v) is 16.5. The Labute approximate surface area is 167 Å². The maximum atomic E-state index is 13.3. The summed E-state index contributed by atoms with van der Waals surface area (Å²) in [6.07, 6.45) is 0. The lowest BCUT2D eigenvalue weighted by molar-refractivity contribution is -0.130. The van der Waals surface area contributed by atoms with Crippen molar-refractivity contribution in [2.24, 2.45) is 0 Å². The smallest absolute Gasteiger partial charge is 0.266 e. The molecule has 0 saturated heterocycles. The van der Waals surface area contributed by atoms with Crippen molar-refractivity contribution in [3.05, 3.63) is 69.7 Å². The molecular formula is C20H19Cl2N3O2. The number of nitrogens with zero attached hydrogens (tertiary/aromatic N) is 3. The molecular weight excluding hydrogens is 385 g/mol. The summed E-state index contributed by atoms with van der Waals surface area (Å²) in [6.45, 7) is 4.13. The second-order valence-electron chi connectivity index (χ2n) is 6.07. The fourth-order valence-electron chi connectivity index (χ4n) is 3.18. The number of rotatable bonds is 5. The average molecular weight is 404 g/mol. The molecule has 3 aromatic rings. The predicted molar refractivity (Wildman–Crippen MR) is 109 cm³/mol. The van der Waals surface area contributed by atoms with E-state index in [1.54, 1.807) is 47.4 Å². The summed E-state index contributed by atoms with van der Waals surface area (Å²) in [5, 5.41) is 0.914. The van der Waals surface area contributed by atoms with E-state index in [1.165, 1.54) is 4.57 Å². The molecule has 27 heavy (non-hydrogen) atoms. The summed E-state index contributed by atoms with van der Waals surface area (Å²) in [4.78, 5) is 31.9. The maximum Gasteiger partial charge on any atom is 0.266 e. The van der Waals surface area contributed by atoms with Crippen LogP contribution in [0.4, 0.5) is 0 Å². The Bertz CT molecular complexity index is 1050. The van der Waals surface area contributed by atoms with Crippen molar-refractivity contribution >= 4 is 40.0 Å². The van der Waals surface area contributed by atoms with Crippen LogP contribution in [0.2, 0.25) is 5.02 Å². The van der Waals surface area contributed by atoms with Crippen LogP contribution in [-0.2, 0) is 4.79 Å². The molecule has 0 N–H and O–H groups in total. The minimum absolute atomic E-state index is 0.137. The highest BCUT2D eigenvalue weighted by atomic mass is 35.5. The first kappa shape index (κ1) is 19.4. The van der Waals surface area contributed by atoms with Crippen LogP contribution in [-0.4, -0.2) is 32.8 Å². The fraction of sp³-hybridized carbons (Fsp3) is 0.250. The highest BCUT2D eigenvalue weighted by Crippen LogP contribution is 2.26. The van der Waals surface area contributed by atoms with Crippen LogP contribution >= 0.6 is 23.2 Å². The number of halogens is 2. The molecule has 0 radical (unpaired) electrons. The van der Waals surface area contributed by atoms with Crippen molar-refractivity contribution < 1.29 is 4.79 Å². The molecule has 0 aliphatic heterocycles. The van der Waals surface area contributed by atoms with Crippen molar-refractivity contribution in [3.63, 3.8) is 0 Å². The average Bonchev–Trinajstić information content (AvgIpc) is 2.69. The number of carbonyl (C=O) groups is 1. The van der Waals surface area contributed by atoms with Gasteiger partial charge in [-0.3, -0.25) is 14.2 Å². The van der Waals surface area contributed by atoms with Gasteiger partial charge >= 0.3 is 0 Å². The van der Waals surface area contributed by atoms with Crippen LogP contribution in [0.15, 0.2) is 53.3 Å². The van der Waals surface area contributed by atoms with Gasteiger partial charge in [-0.25, -0.2) is 4.98 Å². The zero-order chi connectivity index (χ0) is 19.6. The van der Waals surface area contributed by atoms with Crippen LogP contribution in [0.5, 0.6) is 0 Å². The quantitative estimate of drug-likeness (QED) is 0.600. The molecule has 2 aromatic carbocycles. The number of amides is 1. The molecule has 0 aliphatic carbocycles. The number of para-hydroxylation sites is 2. The minimum Gasteiger partial charge on any atom is -0.332 e. The Morgan fingerprint density at radius 3 is 2.52 bits per heavy atom. The van der Waals surface area contributed by atoms with Crippen LogP contribution in [0.1, 0.15) is 25.7 Å². The topological polar surface area (TPSA) is 55.2 Å². The first-order valence-corrected chi connectivity index (χ1v) is 9.52. The van der Waals surface area contributed by atoms with Crippen LogP contribution < -0.4 is 5.56 Å². The van der Waals surface area contributed by atoms with E-state index >= 15 is 0 Å². The highest BCUT2D eigenvalue weighted by Gasteiger charge is 2.25. The first-order valence-electron chi connectivity index (χ1n) is 8.61. The predicted octanol–water partition coefficient (Wildman–Crippen LogP) is 4.19. The summed E-state index contributed by atoms with van der Waals surface area (Å²) in [6, 6.07) is 13.7. The largest absolute Gasteiger partial charge is 0.332 e.